The molecule has 1 unspecified atom stereocenters. The van der Waals surface area contributed by atoms with Crippen molar-refractivity contribution in [1.29, 1.82) is 0 Å². The third-order valence-electron chi connectivity index (χ3n) is 3.45. The van der Waals surface area contributed by atoms with Crippen molar-refractivity contribution in [1.82, 2.24) is 4.90 Å². The van der Waals surface area contributed by atoms with Crippen molar-refractivity contribution in [3.8, 4) is 0 Å². The van der Waals surface area contributed by atoms with Gasteiger partial charge in [0.25, 0.3) is 0 Å². The maximum absolute atomic E-state index is 12.2. The van der Waals surface area contributed by atoms with E-state index in [0.717, 1.165) is 12.8 Å². The molecule has 1 heterocycles. The molecule has 1 atom stereocenters. The largest absolute Gasteiger partial charge is 0.478 e. The van der Waals surface area contributed by atoms with Crippen molar-refractivity contribution in [3.63, 3.8) is 0 Å². The summed E-state index contributed by atoms with van der Waals surface area (Å²) in [5.41, 5.74) is 0.365. The number of hydrogen-bond acceptors (Lipinski definition) is 3. The van der Waals surface area contributed by atoms with Gasteiger partial charge in [-0.25, -0.2) is 9.59 Å². The molecular weight excluding hydrogens is 296 g/mol. The summed E-state index contributed by atoms with van der Waals surface area (Å²) >= 11 is 5.79. The summed E-state index contributed by atoms with van der Waals surface area (Å²) in [5, 5.41) is 11.8. The molecule has 0 aromatic heterocycles. The maximum Gasteiger partial charge on any atom is 0.337 e. The van der Waals surface area contributed by atoms with Crippen molar-refractivity contribution in [2.75, 3.05) is 25.5 Å². The zero-order chi connectivity index (χ0) is 15.4. The maximum atomic E-state index is 12.2. The zero-order valence-electron chi connectivity index (χ0n) is 11.6. The molecule has 6 nitrogen and oxygen atoms in total. The van der Waals surface area contributed by atoms with Gasteiger partial charge in [0, 0.05) is 25.9 Å². The molecule has 0 spiro atoms. The number of ether oxygens (including phenoxy) is 1. The van der Waals surface area contributed by atoms with E-state index in [1.54, 1.807) is 18.1 Å². The van der Waals surface area contributed by atoms with Crippen LogP contribution in [0.5, 0.6) is 0 Å². The molecule has 114 valence electrons. The highest BCUT2D eigenvalue weighted by Gasteiger charge is 2.23. The van der Waals surface area contributed by atoms with Crippen LogP contribution in [-0.4, -0.2) is 48.3 Å². The number of aromatic carboxylic acids is 1. The number of carboxylic acids is 1. The van der Waals surface area contributed by atoms with Crippen molar-refractivity contribution in [2.24, 2.45) is 0 Å². The van der Waals surface area contributed by atoms with Gasteiger partial charge in [-0.05, 0) is 31.0 Å². The number of hydrogen-bond donors (Lipinski definition) is 2. The first-order valence-electron chi connectivity index (χ1n) is 6.63. The normalized spacial score (nSPS) is 18.4. The van der Waals surface area contributed by atoms with Crippen LogP contribution >= 0.6 is 11.6 Å². The van der Waals surface area contributed by atoms with Gasteiger partial charge >= 0.3 is 12.0 Å². The smallest absolute Gasteiger partial charge is 0.337 e. The van der Waals surface area contributed by atoms with E-state index in [-0.39, 0.29) is 22.7 Å². The highest BCUT2D eigenvalue weighted by atomic mass is 35.5. The van der Waals surface area contributed by atoms with Crippen molar-refractivity contribution >= 4 is 29.3 Å². The van der Waals surface area contributed by atoms with Crippen LogP contribution in [0.4, 0.5) is 10.5 Å². The molecular formula is C14H17ClN2O4. The molecule has 0 saturated carbocycles. The van der Waals surface area contributed by atoms with E-state index in [9.17, 15) is 9.59 Å². The lowest BCUT2D eigenvalue weighted by molar-refractivity contribution is 0.0458. The molecule has 1 aliphatic rings. The molecule has 2 N–H and O–H groups in total. The van der Waals surface area contributed by atoms with Crippen LogP contribution in [0, 0.1) is 0 Å². The molecule has 21 heavy (non-hydrogen) atoms. The summed E-state index contributed by atoms with van der Waals surface area (Å²) in [6.07, 6.45) is 1.86. The Kier molecular flexibility index (Phi) is 5.03. The summed E-state index contributed by atoms with van der Waals surface area (Å²) in [5.74, 6) is -1.13. The van der Waals surface area contributed by atoms with Gasteiger partial charge in [0.15, 0.2) is 0 Å². The average molecular weight is 313 g/mol. The number of carboxylic acid groups (broad SMARTS) is 1. The predicted molar refractivity (Wildman–Crippen MR) is 79.0 cm³/mol. The van der Waals surface area contributed by atoms with E-state index in [1.165, 1.54) is 12.1 Å². The number of methoxy groups -OCH3 is 1. The van der Waals surface area contributed by atoms with Gasteiger partial charge < -0.3 is 20.1 Å². The average Bonchev–Trinajstić information content (AvgIpc) is 2.49. The minimum Gasteiger partial charge on any atom is -0.478 e. The van der Waals surface area contributed by atoms with Crippen LogP contribution in [0.15, 0.2) is 18.2 Å². The van der Waals surface area contributed by atoms with Gasteiger partial charge in [0.05, 0.1) is 16.7 Å². The summed E-state index contributed by atoms with van der Waals surface area (Å²) in [6.45, 7) is 1.19. The first-order chi connectivity index (χ1) is 10.0. The number of urea groups is 1. The van der Waals surface area contributed by atoms with E-state index < -0.39 is 5.97 Å². The lowest BCUT2D eigenvalue weighted by Crippen LogP contribution is -2.44. The number of anilines is 1. The molecule has 0 bridgehead atoms. The number of likely N-dealkylation sites (tertiary alicyclic amines) is 1. The number of nitrogens with zero attached hydrogens (tertiary/aromatic N) is 1. The lowest BCUT2D eigenvalue weighted by Gasteiger charge is -2.31. The fourth-order valence-electron chi connectivity index (χ4n) is 2.28. The number of carbonyl (C=O) groups excluding carboxylic acids is 1. The fraction of sp³-hybridized carbons (Fsp3) is 0.429. The van der Waals surface area contributed by atoms with Gasteiger partial charge in [-0.1, -0.05) is 11.6 Å². The van der Waals surface area contributed by atoms with Gasteiger partial charge in [0.1, 0.15) is 0 Å². The number of carbonyl (C=O) groups is 2. The minimum atomic E-state index is -1.13. The standard InChI is InChI=1S/C14H17ClN2O4/c1-21-10-3-2-6-17(8-10)14(20)16-9-4-5-12(15)11(7-9)13(18)19/h4-5,7,10H,2-3,6,8H2,1H3,(H,16,20)(H,18,19). The summed E-state index contributed by atoms with van der Waals surface area (Å²) < 4.78 is 5.27. The first-order valence-corrected chi connectivity index (χ1v) is 7.00. The Bertz CT molecular complexity index is 550. The van der Waals surface area contributed by atoms with Gasteiger partial charge in [0.2, 0.25) is 0 Å². The molecule has 0 radical (unpaired) electrons. The van der Waals surface area contributed by atoms with E-state index in [0.29, 0.717) is 18.8 Å². The van der Waals surface area contributed by atoms with E-state index in [2.05, 4.69) is 5.32 Å². The van der Waals surface area contributed by atoms with Crippen LogP contribution in [0.25, 0.3) is 0 Å². The van der Waals surface area contributed by atoms with E-state index >= 15 is 0 Å². The van der Waals surface area contributed by atoms with Crippen molar-refractivity contribution < 1.29 is 19.4 Å². The molecule has 1 aliphatic heterocycles. The van der Waals surface area contributed by atoms with Gasteiger partial charge in [-0.15, -0.1) is 0 Å². The first kappa shape index (κ1) is 15.6. The molecule has 1 aromatic carbocycles. The summed E-state index contributed by atoms with van der Waals surface area (Å²) in [6, 6.07) is 4.11. The number of piperidine rings is 1. The molecule has 7 heteroatoms. The third-order valence-corrected chi connectivity index (χ3v) is 3.78. The molecule has 0 aliphatic carbocycles. The van der Waals surface area contributed by atoms with Gasteiger partial charge in [-0.3, -0.25) is 0 Å². The summed E-state index contributed by atoms with van der Waals surface area (Å²) in [7, 11) is 1.63. The monoisotopic (exact) mass is 312 g/mol. The van der Waals surface area contributed by atoms with Crippen LogP contribution < -0.4 is 5.32 Å². The lowest BCUT2D eigenvalue weighted by atomic mass is 10.1. The Labute approximate surface area is 127 Å². The van der Waals surface area contributed by atoms with Crippen LogP contribution in [0.3, 0.4) is 0 Å². The number of nitrogens with one attached hydrogen (secondary N) is 1. The predicted octanol–water partition coefficient (Wildman–Crippen LogP) is 2.68. The Morgan fingerprint density at radius 3 is 2.90 bits per heavy atom. The third kappa shape index (κ3) is 3.86. The highest BCUT2D eigenvalue weighted by molar-refractivity contribution is 6.33. The number of rotatable bonds is 3. The SMILES string of the molecule is COC1CCCN(C(=O)Nc2ccc(Cl)c(C(=O)O)c2)C1. The fourth-order valence-corrected chi connectivity index (χ4v) is 2.48. The van der Waals surface area contributed by atoms with Crippen LogP contribution in [0.2, 0.25) is 5.02 Å². The molecule has 1 saturated heterocycles. The Morgan fingerprint density at radius 2 is 2.24 bits per heavy atom. The second kappa shape index (κ2) is 6.78. The van der Waals surface area contributed by atoms with Crippen molar-refractivity contribution in [3.05, 3.63) is 28.8 Å². The Hall–Kier alpha value is -1.79. The molecule has 2 rings (SSSR count). The number of benzene rings is 1. The van der Waals surface area contributed by atoms with Crippen LogP contribution in [0.1, 0.15) is 23.2 Å². The van der Waals surface area contributed by atoms with E-state index in [1.807, 2.05) is 0 Å². The molecule has 1 aromatic rings. The quantitative estimate of drug-likeness (QED) is 0.899. The Morgan fingerprint density at radius 1 is 1.48 bits per heavy atom. The second-order valence-electron chi connectivity index (χ2n) is 4.88. The van der Waals surface area contributed by atoms with E-state index in [4.69, 9.17) is 21.4 Å². The Balaban J connectivity index is 2.05. The van der Waals surface area contributed by atoms with Crippen molar-refractivity contribution in [2.45, 2.75) is 18.9 Å². The van der Waals surface area contributed by atoms with Gasteiger partial charge in [-0.2, -0.15) is 0 Å². The number of halogens is 1. The number of amides is 2. The summed E-state index contributed by atoms with van der Waals surface area (Å²) in [4.78, 5) is 24.9. The zero-order valence-corrected chi connectivity index (χ0v) is 12.4. The minimum absolute atomic E-state index is 0.0390. The highest BCUT2D eigenvalue weighted by Crippen LogP contribution is 2.21. The molecule has 2 amide bonds. The second-order valence-corrected chi connectivity index (χ2v) is 5.28. The van der Waals surface area contributed by atoms with Crippen LogP contribution in [-0.2, 0) is 4.74 Å². The topological polar surface area (TPSA) is 78.9 Å². The molecule has 1 fully saturated rings.